The fraction of sp³-hybridized carbons (Fsp3) is 0.150. The summed E-state index contributed by atoms with van der Waals surface area (Å²) in [6.07, 6.45) is 0.532. The van der Waals surface area contributed by atoms with Gasteiger partial charge in [-0.1, -0.05) is 19.1 Å². The summed E-state index contributed by atoms with van der Waals surface area (Å²) >= 11 is 1.31. The molecule has 0 unspecified atom stereocenters. The Kier molecular flexibility index (Phi) is 6.11. The van der Waals surface area contributed by atoms with Gasteiger partial charge in [0.15, 0.2) is 0 Å². The Balaban J connectivity index is 1.66. The molecule has 0 bridgehead atoms. The molecule has 146 valence electrons. The van der Waals surface area contributed by atoms with E-state index in [1.165, 1.54) is 23.5 Å². The number of hydrogen-bond donors (Lipinski definition) is 2. The van der Waals surface area contributed by atoms with E-state index in [1.807, 2.05) is 6.07 Å². The number of amides is 1. The zero-order valence-corrected chi connectivity index (χ0v) is 16.7. The SMILES string of the molecule is CCCS(=O)(=O)Nc1ccc(NC(=O)c2ccc(-c3ccc(F)cc3)s2)cc1. The van der Waals surface area contributed by atoms with Crippen LogP contribution in [0, 0.1) is 5.82 Å². The van der Waals surface area contributed by atoms with Crippen LogP contribution in [0.25, 0.3) is 10.4 Å². The van der Waals surface area contributed by atoms with Gasteiger partial charge in [0.1, 0.15) is 5.82 Å². The average Bonchev–Trinajstić information content (AvgIpc) is 3.14. The van der Waals surface area contributed by atoms with E-state index in [2.05, 4.69) is 10.0 Å². The highest BCUT2D eigenvalue weighted by atomic mass is 32.2. The molecule has 1 amide bonds. The molecule has 0 radical (unpaired) electrons. The van der Waals surface area contributed by atoms with E-state index in [0.29, 0.717) is 22.7 Å². The predicted octanol–water partition coefficient (Wildman–Crippen LogP) is 4.96. The topological polar surface area (TPSA) is 75.3 Å². The summed E-state index contributed by atoms with van der Waals surface area (Å²) in [4.78, 5) is 13.8. The van der Waals surface area contributed by atoms with Gasteiger partial charge in [-0.25, -0.2) is 12.8 Å². The molecule has 0 spiro atoms. The first-order valence-electron chi connectivity index (χ1n) is 8.64. The minimum Gasteiger partial charge on any atom is -0.321 e. The van der Waals surface area contributed by atoms with E-state index >= 15 is 0 Å². The molecular formula is C20H19FN2O3S2. The van der Waals surface area contributed by atoms with Gasteiger partial charge < -0.3 is 5.32 Å². The van der Waals surface area contributed by atoms with E-state index < -0.39 is 10.0 Å². The standard InChI is InChI=1S/C20H19FN2O3S2/c1-2-13-28(25,26)23-17-9-7-16(8-10-17)22-20(24)19-12-11-18(27-19)14-3-5-15(21)6-4-14/h3-12,23H,2,13H2,1H3,(H,22,24). The molecule has 0 aliphatic carbocycles. The number of carbonyl (C=O) groups is 1. The van der Waals surface area contributed by atoms with Crippen LogP contribution in [0.1, 0.15) is 23.0 Å². The molecular weight excluding hydrogens is 399 g/mol. The lowest BCUT2D eigenvalue weighted by molar-refractivity contribution is 0.103. The van der Waals surface area contributed by atoms with Crippen molar-refractivity contribution < 1.29 is 17.6 Å². The summed E-state index contributed by atoms with van der Waals surface area (Å²) in [5, 5.41) is 2.78. The Morgan fingerprint density at radius 2 is 1.61 bits per heavy atom. The average molecular weight is 419 g/mol. The molecule has 0 saturated heterocycles. The zero-order chi connectivity index (χ0) is 20.1. The van der Waals surface area contributed by atoms with E-state index in [-0.39, 0.29) is 17.5 Å². The number of thiophene rings is 1. The molecule has 2 aromatic carbocycles. The van der Waals surface area contributed by atoms with Crippen LogP contribution in [0.4, 0.5) is 15.8 Å². The fourth-order valence-corrected chi connectivity index (χ4v) is 4.58. The van der Waals surface area contributed by atoms with Crippen LogP contribution >= 0.6 is 11.3 Å². The first-order valence-corrected chi connectivity index (χ1v) is 11.1. The molecule has 1 aromatic heterocycles. The van der Waals surface area contributed by atoms with Gasteiger partial charge in [0.25, 0.3) is 5.91 Å². The number of carbonyl (C=O) groups excluding carboxylic acids is 1. The maximum atomic E-state index is 13.0. The van der Waals surface area contributed by atoms with Crippen molar-refractivity contribution in [3.05, 3.63) is 71.4 Å². The number of sulfonamides is 1. The molecule has 28 heavy (non-hydrogen) atoms. The van der Waals surface area contributed by atoms with Gasteiger partial charge in [-0.05, 0) is 60.5 Å². The van der Waals surface area contributed by atoms with E-state index in [4.69, 9.17) is 0 Å². The zero-order valence-electron chi connectivity index (χ0n) is 15.1. The molecule has 0 atom stereocenters. The van der Waals surface area contributed by atoms with Crippen LogP contribution in [0.15, 0.2) is 60.7 Å². The Morgan fingerprint density at radius 1 is 0.964 bits per heavy atom. The second-order valence-electron chi connectivity index (χ2n) is 6.12. The third-order valence-corrected chi connectivity index (χ3v) is 6.47. The van der Waals surface area contributed by atoms with Crippen molar-refractivity contribution in [3.63, 3.8) is 0 Å². The van der Waals surface area contributed by atoms with Crippen LogP contribution in [0.2, 0.25) is 0 Å². The highest BCUT2D eigenvalue weighted by Crippen LogP contribution is 2.29. The van der Waals surface area contributed by atoms with E-state index in [0.717, 1.165) is 10.4 Å². The Morgan fingerprint density at radius 3 is 2.25 bits per heavy atom. The number of rotatable bonds is 7. The first-order chi connectivity index (χ1) is 13.4. The van der Waals surface area contributed by atoms with Crippen molar-refractivity contribution in [1.82, 2.24) is 0 Å². The minimum absolute atomic E-state index is 0.0558. The molecule has 0 fully saturated rings. The van der Waals surface area contributed by atoms with Crippen LogP contribution in [-0.4, -0.2) is 20.1 Å². The molecule has 0 aliphatic heterocycles. The van der Waals surface area contributed by atoms with Gasteiger partial charge in [0.05, 0.1) is 10.6 Å². The Hall–Kier alpha value is -2.71. The molecule has 0 aliphatic rings. The van der Waals surface area contributed by atoms with Crippen LogP contribution in [0.3, 0.4) is 0 Å². The van der Waals surface area contributed by atoms with Gasteiger partial charge in [0.2, 0.25) is 10.0 Å². The van der Waals surface area contributed by atoms with Gasteiger partial charge in [-0.15, -0.1) is 11.3 Å². The van der Waals surface area contributed by atoms with Crippen molar-refractivity contribution in [2.24, 2.45) is 0 Å². The summed E-state index contributed by atoms with van der Waals surface area (Å²) in [5.41, 5.74) is 1.84. The van der Waals surface area contributed by atoms with Crippen LogP contribution < -0.4 is 10.0 Å². The maximum Gasteiger partial charge on any atom is 0.265 e. The van der Waals surface area contributed by atoms with Crippen LogP contribution in [0.5, 0.6) is 0 Å². The third-order valence-electron chi connectivity index (χ3n) is 3.85. The molecule has 2 N–H and O–H groups in total. The number of hydrogen-bond acceptors (Lipinski definition) is 4. The molecule has 3 aromatic rings. The monoisotopic (exact) mass is 418 g/mol. The van der Waals surface area contributed by atoms with Gasteiger partial charge in [-0.2, -0.15) is 0 Å². The van der Waals surface area contributed by atoms with Gasteiger partial charge in [0, 0.05) is 16.3 Å². The smallest absolute Gasteiger partial charge is 0.265 e. The summed E-state index contributed by atoms with van der Waals surface area (Å²) < 4.78 is 39.1. The van der Waals surface area contributed by atoms with E-state index in [1.54, 1.807) is 49.4 Å². The highest BCUT2D eigenvalue weighted by Gasteiger charge is 2.12. The first kappa shape index (κ1) is 20.0. The van der Waals surface area contributed by atoms with Crippen molar-refractivity contribution in [2.75, 3.05) is 15.8 Å². The normalized spacial score (nSPS) is 11.2. The maximum absolute atomic E-state index is 13.0. The molecule has 5 nitrogen and oxygen atoms in total. The molecule has 3 rings (SSSR count). The Labute approximate surface area is 167 Å². The Bertz CT molecular complexity index is 1060. The fourth-order valence-electron chi connectivity index (χ4n) is 2.54. The van der Waals surface area contributed by atoms with Crippen molar-refractivity contribution >= 4 is 38.6 Å². The quantitative estimate of drug-likeness (QED) is 0.570. The van der Waals surface area contributed by atoms with Crippen molar-refractivity contribution in [1.29, 1.82) is 0 Å². The number of benzene rings is 2. The van der Waals surface area contributed by atoms with Crippen molar-refractivity contribution in [2.45, 2.75) is 13.3 Å². The largest absolute Gasteiger partial charge is 0.321 e. The minimum atomic E-state index is -3.35. The summed E-state index contributed by atoms with van der Waals surface area (Å²) in [6, 6.07) is 16.1. The van der Waals surface area contributed by atoms with Crippen LogP contribution in [-0.2, 0) is 10.0 Å². The van der Waals surface area contributed by atoms with Gasteiger partial charge in [-0.3, -0.25) is 9.52 Å². The second kappa shape index (κ2) is 8.53. The summed E-state index contributed by atoms with van der Waals surface area (Å²) in [6.45, 7) is 1.80. The predicted molar refractivity (Wildman–Crippen MR) is 112 cm³/mol. The van der Waals surface area contributed by atoms with E-state index in [9.17, 15) is 17.6 Å². The molecule has 8 heteroatoms. The number of halogens is 1. The number of nitrogens with one attached hydrogen (secondary N) is 2. The third kappa shape index (κ3) is 5.17. The lowest BCUT2D eigenvalue weighted by atomic mass is 10.2. The number of anilines is 2. The summed E-state index contributed by atoms with van der Waals surface area (Å²) in [7, 11) is -3.35. The lowest BCUT2D eigenvalue weighted by Crippen LogP contribution is -2.16. The summed E-state index contributed by atoms with van der Waals surface area (Å²) in [5.74, 6) is -0.517. The molecule has 0 saturated carbocycles. The molecule has 1 heterocycles. The van der Waals surface area contributed by atoms with Gasteiger partial charge >= 0.3 is 0 Å². The lowest BCUT2D eigenvalue weighted by Gasteiger charge is -2.08. The van der Waals surface area contributed by atoms with Crippen molar-refractivity contribution in [3.8, 4) is 10.4 Å². The second-order valence-corrected chi connectivity index (χ2v) is 9.05. The highest BCUT2D eigenvalue weighted by molar-refractivity contribution is 7.92.